The maximum Gasteiger partial charge on any atom is 0.342 e. The second-order valence-electron chi connectivity index (χ2n) is 4.16. The summed E-state index contributed by atoms with van der Waals surface area (Å²) in [4.78, 5) is 30.7. The van der Waals surface area contributed by atoms with Crippen LogP contribution < -0.4 is 10.5 Å². The molecule has 0 radical (unpaired) electrons. The Kier molecular flexibility index (Phi) is 3.41. The number of carbonyl (C=O) groups is 1. The van der Waals surface area contributed by atoms with Crippen LogP contribution in [0, 0.1) is 0 Å². The summed E-state index contributed by atoms with van der Waals surface area (Å²) in [5, 5.41) is 8.74. The summed E-state index contributed by atoms with van der Waals surface area (Å²) < 4.78 is 0. The predicted octanol–water partition coefficient (Wildman–Crippen LogP) is 0.849. The van der Waals surface area contributed by atoms with Crippen molar-refractivity contribution in [3.8, 4) is 0 Å². The number of aromatic carboxylic acids is 1. The van der Waals surface area contributed by atoms with Gasteiger partial charge in [-0.2, -0.15) is 0 Å². The molecule has 0 spiro atoms. The molecule has 1 aromatic heterocycles. The lowest BCUT2D eigenvalue weighted by Gasteiger charge is -2.20. The quantitative estimate of drug-likeness (QED) is 0.796. The van der Waals surface area contributed by atoms with Crippen LogP contribution in [0.3, 0.4) is 0 Å². The third-order valence-corrected chi connectivity index (χ3v) is 2.92. The Morgan fingerprint density at radius 2 is 1.94 bits per heavy atom. The lowest BCUT2D eigenvalue weighted by Crippen LogP contribution is -2.29. The molecule has 2 N–H and O–H groups in total. The van der Waals surface area contributed by atoms with E-state index < -0.39 is 11.5 Å². The number of aromatic amines is 1. The molecule has 1 saturated heterocycles. The molecule has 2 rings (SSSR count). The minimum absolute atomic E-state index is 0.316. The number of nitrogens with one attached hydrogen (secondary N) is 1. The van der Waals surface area contributed by atoms with E-state index in [0.29, 0.717) is 5.95 Å². The number of hydrogen-bond acceptors (Lipinski definition) is 4. The van der Waals surface area contributed by atoms with E-state index in [2.05, 4.69) is 9.97 Å². The summed E-state index contributed by atoms with van der Waals surface area (Å²) in [6, 6.07) is 0. The second kappa shape index (κ2) is 4.99. The summed E-state index contributed by atoms with van der Waals surface area (Å²) >= 11 is 0. The molecule has 0 aromatic carbocycles. The van der Waals surface area contributed by atoms with E-state index in [4.69, 9.17) is 5.11 Å². The number of aromatic nitrogens is 2. The molecule has 0 saturated carbocycles. The maximum atomic E-state index is 11.5. The van der Waals surface area contributed by atoms with Crippen LogP contribution in [0.5, 0.6) is 0 Å². The standard InChI is InChI=1S/C11H15N3O3/c15-9-8(10(16)17)7-12-11(13-9)14-5-3-1-2-4-6-14/h7H,1-6H2,(H,16,17)(H,12,13,15). The van der Waals surface area contributed by atoms with E-state index in [9.17, 15) is 9.59 Å². The number of H-pyrrole nitrogens is 1. The van der Waals surface area contributed by atoms with E-state index in [1.807, 2.05) is 4.90 Å². The topological polar surface area (TPSA) is 86.3 Å². The highest BCUT2D eigenvalue weighted by Crippen LogP contribution is 2.13. The first-order valence-electron chi connectivity index (χ1n) is 5.76. The fraction of sp³-hybridized carbons (Fsp3) is 0.545. The van der Waals surface area contributed by atoms with Gasteiger partial charge in [0.05, 0.1) is 6.20 Å². The average Bonchev–Trinajstić information content (AvgIpc) is 2.56. The molecule has 17 heavy (non-hydrogen) atoms. The summed E-state index contributed by atoms with van der Waals surface area (Å²) in [6.07, 6.45) is 5.65. The number of anilines is 1. The van der Waals surface area contributed by atoms with Crippen LogP contribution in [0.1, 0.15) is 36.0 Å². The Morgan fingerprint density at radius 1 is 1.29 bits per heavy atom. The van der Waals surface area contributed by atoms with Gasteiger partial charge in [-0.15, -0.1) is 0 Å². The van der Waals surface area contributed by atoms with E-state index in [-0.39, 0.29) is 5.56 Å². The molecule has 1 aliphatic heterocycles. The molecular weight excluding hydrogens is 222 g/mol. The molecular formula is C11H15N3O3. The zero-order valence-electron chi connectivity index (χ0n) is 9.48. The van der Waals surface area contributed by atoms with E-state index in [1.54, 1.807) is 0 Å². The van der Waals surface area contributed by atoms with E-state index in [0.717, 1.165) is 32.1 Å². The van der Waals surface area contributed by atoms with Gasteiger partial charge in [-0.1, -0.05) is 12.8 Å². The van der Waals surface area contributed by atoms with Crippen molar-refractivity contribution in [1.82, 2.24) is 9.97 Å². The zero-order valence-corrected chi connectivity index (χ0v) is 9.48. The fourth-order valence-corrected chi connectivity index (χ4v) is 1.98. The van der Waals surface area contributed by atoms with Crippen LogP contribution in [-0.4, -0.2) is 34.1 Å². The molecule has 0 bridgehead atoms. The van der Waals surface area contributed by atoms with Gasteiger partial charge in [0.15, 0.2) is 0 Å². The van der Waals surface area contributed by atoms with Crippen LogP contribution in [0.25, 0.3) is 0 Å². The minimum atomic E-state index is -1.25. The maximum absolute atomic E-state index is 11.5. The molecule has 1 aromatic rings. The minimum Gasteiger partial charge on any atom is -0.477 e. The van der Waals surface area contributed by atoms with Crippen molar-refractivity contribution in [2.45, 2.75) is 25.7 Å². The Hall–Kier alpha value is -1.85. The van der Waals surface area contributed by atoms with E-state index >= 15 is 0 Å². The van der Waals surface area contributed by atoms with Gasteiger partial charge in [-0.3, -0.25) is 9.78 Å². The Bertz CT molecular complexity index is 461. The molecule has 1 aliphatic rings. The monoisotopic (exact) mass is 237 g/mol. The molecule has 1 fully saturated rings. The van der Waals surface area contributed by atoms with Crippen LogP contribution in [0.15, 0.2) is 11.0 Å². The lowest BCUT2D eigenvalue weighted by atomic mass is 10.2. The van der Waals surface area contributed by atoms with E-state index in [1.165, 1.54) is 12.8 Å². The molecule has 0 atom stereocenters. The van der Waals surface area contributed by atoms with Crippen molar-refractivity contribution in [2.75, 3.05) is 18.0 Å². The van der Waals surface area contributed by atoms with Gasteiger partial charge < -0.3 is 10.0 Å². The van der Waals surface area contributed by atoms with Crippen molar-refractivity contribution < 1.29 is 9.90 Å². The van der Waals surface area contributed by atoms with Crippen LogP contribution in [0.4, 0.5) is 5.95 Å². The van der Waals surface area contributed by atoms with Crippen molar-refractivity contribution in [3.05, 3.63) is 22.1 Å². The van der Waals surface area contributed by atoms with Gasteiger partial charge in [0, 0.05) is 13.1 Å². The Labute approximate surface area is 98.3 Å². The molecule has 0 aliphatic carbocycles. The molecule has 0 amide bonds. The second-order valence-corrected chi connectivity index (χ2v) is 4.16. The van der Waals surface area contributed by atoms with Crippen LogP contribution >= 0.6 is 0 Å². The molecule has 2 heterocycles. The third kappa shape index (κ3) is 2.64. The smallest absolute Gasteiger partial charge is 0.342 e. The van der Waals surface area contributed by atoms with Crippen molar-refractivity contribution in [3.63, 3.8) is 0 Å². The van der Waals surface area contributed by atoms with Gasteiger partial charge in [0.25, 0.3) is 5.56 Å². The molecule has 6 nitrogen and oxygen atoms in total. The SMILES string of the molecule is O=C(O)c1cnc(N2CCCCCC2)[nH]c1=O. The van der Waals surface area contributed by atoms with Crippen LogP contribution in [0.2, 0.25) is 0 Å². The number of rotatable bonds is 2. The van der Waals surface area contributed by atoms with Gasteiger partial charge >= 0.3 is 5.97 Å². The van der Waals surface area contributed by atoms with Gasteiger partial charge in [0.2, 0.25) is 5.95 Å². The van der Waals surface area contributed by atoms with Crippen molar-refractivity contribution in [1.29, 1.82) is 0 Å². The van der Waals surface area contributed by atoms with Gasteiger partial charge in [-0.25, -0.2) is 9.78 Å². The number of hydrogen-bond donors (Lipinski definition) is 2. The first-order valence-corrected chi connectivity index (χ1v) is 5.76. The fourth-order valence-electron chi connectivity index (χ4n) is 1.98. The zero-order chi connectivity index (χ0) is 12.3. The van der Waals surface area contributed by atoms with Crippen molar-refractivity contribution >= 4 is 11.9 Å². The molecule has 0 unspecified atom stereocenters. The number of carboxylic acids is 1. The largest absolute Gasteiger partial charge is 0.477 e. The first-order chi connectivity index (χ1) is 8.18. The Morgan fingerprint density at radius 3 is 2.47 bits per heavy atom. The highest BCUT2D eigenvalue weighted by atomic mass is 16.4. The lowest BCUT2D eigenvalue weighted by molar-refractivity contribution is 0.0694. The predicted molar refractivity (Wildman–Crippen MR) is 62.5 cm³/mol. The van der Waals surface area contributed by atoms with Crippen LogP contribution in [-0.2, 0) is 0 Å². The molecule has 92 valence electrons. The number of carboxylic acid groups (broad SMARTS) is 1. The van der Waals surface area contributed by atoms with Gasteiger partial charge in [0.1, 0.15) is 5.56 Å². The summed E-state index contributed by atoms with van der Waals surface area (Å²) in [5.41, 5.74) is -0.907. The first kappa shape index (κ1) is 11.6. The highest BCUT2D eigenvalue weighted by Gasteiger charge is 2.15. The number of nitrogens with zero attached hydrogens (tertiary/aromatic N) is 2. The third-order valence-electron chi connectivity index (χ3n) is 2.92. The summed E-state index contributed by atoms with van der Waals surface area (Å²) in [6.45, 7) is 1.71. The highest BCUT2D eigenvalue weighted by molar-refractivity contribution is 5.86. The van der Waals surface area contributed by atoms with Gasteiger partial charge in [-0.05, 0) is 12.8 Å². The normalized spacial score (nSPS) is 16.6. The summed E-state index contributed by atoms with van der Waals surface area (Å²) in [5.74, 6) is -0.775. The summed E-state index contributed by atoms with van der Waals surface area (Å²) in [7, 11) is 0. The average molecular weight is 237 g/mol. The van der Waals surface area contributed by atoms with Crippen molar-refractivity contribution in [2.24, 2.45) is 0 Å². The Balaban J connectivity index is 2.24. The molecule has 6 heteroatoms.